The number of carbonyl (C=O) groups is 1. The summed E-state index contributed by atoms with van der Waals surface area (Å²) < 4.78 is 6.71. The van der Waals surface area contributed by atoms with Crippen LogP contribution in [0.5, 0.6) is 5.88 Å². The number of hydrogen-bond acceptors (Lipinski definition) is 3. The molecule has 1 N–H and O–H groups in total. The zero-order valence-corrected chi connectivity index (χ0v) is 7.25. The Morgan fingerprint density at radius 1 is 1.57 bits per heavy atom. The van der Waals surface area contributed by atoms with E-state index in [9.17, 15) is 4.79 Å². The summed E-state index contributed by atoms with van der Waals surface area (Å²) >= 11 is 0. The molecule has 5 nitrogen and oxygen atoms in total. The standard InChI is InChI=1S/C9H8N2O3/c12-9(13)6-14-8-5-10-7-3-1-2-4-11(7)8/h1-5H,6H2,(H,12,13). The van der Waals surface area contributed by atoms with Gasteiger partial charge in [0.2, 0.25) is 5.88 Å². The summed E-state index contributed by atoms with van der Waals surface area (Å²) in [4.78, 5) is 14.3. The Morgan fingerprint density at radius 3 is 3.21 bits per heavy atom. The molecular formula is C9H8N2O3. The molecule has 2 rings (SSSR count). The van der Waals surface area contributed by atoms with Crippen LogP contribution in [-0.2, 0) is 4.79 Å². The normalized spacial score (nSPS) is 10.3. The van der Waals surface area contributed by atoms with Gasteiger partial charge < -0.3 is 9.84 Å². The van der Waals surface area contributed by atoms with E-state index in [-0.39, 0.29) is 6.61 Å². The second-order valence-electron chi connectivity index (χ2n) is 2.71. The minimum atomic E-state index is -1.00. The maximum Gasteiger partial charge on any atom is 0.341 e. The first-order valence-electron chi connectivity index (χ1n) is 4.04. The van der Waals surface area contributed by atoms with Crippen molar-refractivity contribution in [3.05, 3.63) is 30.6 Å². The van der Waals surface area contributed by atoms with Crippen molar-refractivity contribution < 1.29 is 14.6 Å². The molecule has 2 heterocycles. The second-order valence-corrected chi connectivity index (χ2v) is 2.71. The molecule has 0 aliphatic rings. The third-order valence-corrected chi connectivity index (χ3v) is 1.73. The summed E-state index contributed by atoms with van der Waals surface area (Å²) in [6, 6.07) is 5.49. The van der Waals surface area contributed by atoms with Gasteiger partial charge in [-0.25, -0.2) is 9.78 Å². The fourth-order valence-electron chi connectivity index (χ4n) is 1.15. The van der Waals surface area contributed by atoms with Gasteiger partial charge in [0.1, 0.15) is 5.65 Å². The van der Waals surface area contributed by atoms with Crippen molar-refractivity contribution in [1.82, 2.24) is 9.38 Å². The van der Waals surface area contributed by atoms with Gasteiger partial charge in [0, 0.05) is 6.20 Å². The van der Waals surface area contributed by atoms with Crippen molar-refractivity contribution in [2.24, 2.45) is 0 Å². The molecule has 0 spiro atoms. The number of pyridine rings is 1. The van der Waals surface area contributed by atoms with Gasteiger partial charge >= 0.3 is 5.97 Å². The highest BCUT2D eigenvalue weighted by molar-refractivity contribution is 5.68. The van der Waals surface area contributed by atoms with Gasteiger partial charge in [-0.1, -0.05) is 6.07 Å². The Kier molecular flexibility index (Phi) is 2.06. The van der Waals surface area contributed by atoms with E-state index in [0.717, 1.165) is 5.65 Å². The highest BCUT2D eigenvalue weighted by Crippen LogP contribution is 2.12. The molecule has 72 valence electrons. The van der Waals surface area contributed by atoms with Crippen LogP contribution in [0.25, 0.3) is 5.65 Å². The average Bonchev–Trinajstić information content (AvgIpc) is 2.58. The zero-order chi connectivity index (χ0) is 9.97. The molecule has 5 heteroatoms. The Morgan fingerprint density at radius 2 is 2.43 bits per heavy atom. The van der Waals surface area contributed by atoms with E-state index < -0.39 is 5.97 Å². The number of nitrogens with zero attached hydrogens (tertiary/aromatic N) is 2. The third-order valence-electron chi connectivity index (χ3n) is 1.73. The van der Waals surface area contributed by atoms with Crippen LogP contribution in [0.3, 0.4) is 0 Å². The molecule has 0 saturated heterocycles. The summed E-state index contributed by atoms with van der Waals surface area (Å²) in [6.07, 6.45) is 3.26. The van der Waals surface area contributed by atoms with Crippen LogP contribution in [0, 0.1) is 0 Å². The summed E-state index contributed by atoms with van der Waals surface area (Å²) in [5.74, 6) is -0.570. The lowest BCUT2D eigenvalue weighted by molar-refractivity contribution is -0.139. The molecule has 0 bridgehead atoms. The van der Waals surface area contributed by atoms with Gasteiger partial charge in [-0.05, 0) is 12.1 Å². The number of carboxylic acid groups (broad SMARTS) is 1. The van der Waals surface area contributed by atoms with E-state index in [1.54, 1.807) is 10.6 Å². The first kappa shape index (κ1) is 8.55. The molecule has 0 unspecified atom stereocenters. The molecule has 0 amide bonds. The largest absolute Gasteiger partial charge is 0.479 e. The molecule has 0 saturated carbocycles. The summed E-state index contributed by atoms with van der Waals surface area (Å²) in [5.41, 5.74) is 0.730. The van der Waals surface area contributed by atoms with Gasteiger partial charge in [-0.15, -0.1) is 0 Å². The van der Waals surface area contributed by atoms with Crippen molar-refractivity contribution >= 4 is 11.6 Å². The Bertz CT molecular complexity index is 464. The lowest BCUT2D eigenvalue weighted by atomic mass is 10.5. The van der Waals surface area contributed by atoms with Gasteiger partial charge in [-0.2, -0.15) is 0 Å². The Hall–Kier alpha value is -2.04. The molecule has 0 atom stereocenters. The van der Waals surface area contributed by atoms with Crippen LogP contribution in [0.15, 0.2) is 30.6 Å². The van der Waals surface area contributed by atoms with Crippen molar-refractivity contribution in [3.63, 3.8) is 0 Å². The van der Waals surface area contributed by atoms with E-state index in [2.05, 4.69) is 4.98 Å². The van der Waals surface area contributed by atoms with Crippen molar-refractivity contribution in [2.75, 3.05) is 6.61 Å². The summed E-state index contributed by atoms with van der Waals surface area (Å²) in [7, 11) is 0. The van der Waals surface area contributed by atoms with Gasteiger partial charge in [0.25, 0.3) is 0 Å². The van der Waals surface area contributed by atoms with Crippen LogP contribution in [0.4, 0.5) is 0 Å². The Labute approximate surface area is 79.6 Å². The van der Waals surface area contributed by atoms with Crippen molar-refractivity contribution in [1.29, 1.82) is 0 Å². The molecule has 0 aliphatic heterocycles. The predicted molar refractivity (Wildman–Crippen MR) is 48.3 cm³/mol. The number of imidazole rings is 1. The van der Waals surface area contributed by atoms with E-state index >= 15 is 0 Å². The van der Waals surface area contributed by atoms with Crippen molar-refractivity contribution in [3.8, 4) is 5.88 Å². The van der Waals surface area contributed by atoms with Gasteiger partial charge in [0.05, 0.1) is 6.20 Å². The molecular weight excluding hydrogens is 184 g/mol. The van der Waals surface area contributed by atoms with E-state index in [4.69, 9.17) is 9.84 Å². The second kappa shape index (κ2) is 3.37. The number of ether oxygens (including phenoxy) is 1. The Balaban J connectivity index is 2.29. The van der Waals surface area contributed by atoms with Crippen LogP contribution in [-0.4, -0.2) is 27.1 Å². The number of rotatable bonds is 3. The molecule has 2 aromatic heterocycles. The fourth-order valence-corrected chi connectivity index (χ4v) is 1.15. The van der Waals surface area contributed by atoms with Crippen LogP contribution < -0.4 is 4.74 Å². The lowest BCUT2D eigenvalue weighted by Gasteiger charge is -2.01. The SMILES string of the molecule is O=C(O)COc1cnc2ccccn12. The number of hydrogen-bond donors (Lipinski definition) is 1. The topological polar surface area (TPSA) is 63.8 Å². The minimum Gasteiger partial charge on any atom is -0.479 e. The highest BCUT2D eigenvalue weighted by atomic mass is 16.5. The van der Waals surface area contributed by atoms with Crippen LogP contribution >= 0.6 is 0 Å². The molecule has 14 heavy (non-hydrogen) atoms. The highest BCUT2D eigenvalue weighted by Gasteiger charge is 2.04. The van der Waals surface area contributed by atoms with Gasteiger partial charge in [0.15, 0.2) is 6.61 Å². The number of aromatic nitrogens is 2. The molecule has 0 aliphatic carbocycles. The molecule has 0 fully saturated rings. The predicted octanol–water partition coefficient (Wildman–Crippen LogP) is 0.798. The zero-order valence-electron chi connectivity index (χ0n) is 7.25. The van der Waals surface area contributed by atoms with Crippen LogP contribution in [0.1, 0.15) is 0 Å². The van der Waals surface area contributed by atoms with E-state index in [1.165, 1.54) is 6.20 Å². The maximum absolute atomic E-state index is 10.3. The first-order valence-corrected chi connectivity index (χ1v) is 4.04. The quantitative estimate of drug-likeness (QED) is 0.781. The van der Waals surface area contributed by atoms with Crippen LogP contribution in [0.2, 0.25) is 0 Å². The smallest absolute Gasteiger partial charge is 0.341 e. The summed E-state index contributed by atoms with van der Waals surface area (Å²) in [6.45, 7) is -0.358. The van der Waals surface area contributed by atoms with E-state index in [0.29, 0.717) is 5.88 Å². The fraction of sp³-hybridized carbons (Fsp3) is 0.111. The number of carboxylic acids is 1. The molecule has 0 aromatic carbocycles. The minimum absolute atomic E-state index is 0.358. The third kappa shape index (κ3) is 1.52. The maximum atomic E-state index is 10.3. The van der Waals surface area contributed by atoms with Gasteiger partial charge in [-0.3, -0.25) is 4.40 Å². The van der Waals surface area contributed by atoms with Crippen molar-refractivity contribution in [2.45, 2.75) is 0 Å². The lowest BCUT2D eigenvalue weighted by Crippen LogP contribution is -2.10. The van der Waals surface area contributed by atoms with E-state index in [1.807, 2.05) is 18.2 Å². The monoisotopic (exact) mass is 192 g/mol. The average molecular weight is 192 g/mol. The molecule has 2 aromatic rings. The first-order chi connectivity index (χ1) is 6.77. The number of aliphatic carboxylic acids is 1. The summed E-state index contributed by atoms with van der Waals surface area (Å²) in [5, 5.41) is 8.43. The number of fused-ring (bicyclic) bond motifs is 1. The molecule has 0 radical (unpaired) electrons.